The predicted octanol–water partition coefficient (Wildman–Crippen LogP) is 3.48. The lowest BCUT2D eigenvalue weighted by atomic mass is 10.2. The molecule has 18 heavy (non-hydrogen) atoms. The lowest BCUT2D eigenvalue weighted by Crippen LogP contribution is -1.84. The third kappa shape index (κ3) is 3.25. The minimum atomic E-state index is -1.02. The zero-order valence-electron chi connectivity index (χ0n) is 9.79. The van der Waals surface area contributed by atoms with Crippen molar-refractivity contribution in [2.75, 3.05) is 0 Å². The average Bonchev–Trinajstić information content (AvgIpc) is 2.74. The molecule has 0 aliphatic heterocycles. The second-order valence-corrected chi connectivity index (χ2v) is 3.75. The van der Waals surface area contributed by atoms with E-state index in [1.165, 1.54) is 6.08 Å². The second-order valence-electron chi connectivity index (χ2n) is 3.75. The maximum Gasteiger partial charge on any atom is 0.328 e. The molecule has 1 N–H and O–H groups in total. The second kappa shape index (κ2) is 5.23. The average molecular weight is 244 g/mol. The van der Waals surface area contributed by atoms with Gasteiger partial charge in [0, 0.05) is 12.1 Å². The summed E-state index contributed by atoms with van der Waals surface area (Å²) in [7, 11) is 0. The van der Waals surface area contributed by atoms with E-state index in [2.05, 4.69) is 0 Å². The molecule has 2 aromatic rings. The van der Waals surface area contributed by atoms with Crippen LogP contribution in [-0.4, -0.2) is 11.1 Å². The standard InChI is InChI=1S/C14H12O4/c1-10-3-2-4-12(9-10)18-14-8-6-11(17-14)5-7-13(15)16/h2-9H,1H3,(H,15,16)/b7-5+. The Hall–Kier alpha value is -2.49. The Morgan fingerprint density at radius 2 is 2.17 bits per heavy atom. The largest absolute Gasteiger partial charge is 0.478 e. The first-order chi connectivity index (χ1) is 8.63. The number of carboxylic acid groups (broad SMARTS) is 1. The van der Waals surface area contributed by atoms with Gasteiger partial charge in [-0.1, -0.05) is 12.1 Å². The fraction of sp³-hybridized carbons (Fsp3) is 0.0714. The fourth-order valence-electron chi connectivity index (χ4n) is 1.43. The first-order valence-electron chi connectivity index (χ1n) is 5.39. The summed E-state index contributed by atoms with van der Waals surface area (Å²) in [6.45, 7) is 1.97. The predicted molar refractivity (Wildman–Crippen MR) is 66.6 cm³/mol. The van der Waals surface area contributed by atoms with E-state index in [9.17, 15) is 4.79 Å². The number of rotatable bonds is 4. The van der Waals surface area contributed by atoms with Gasteiger partial charge < -0.3 is 14.3 Å². The van der Waals surface area contributed by atoms with Crippen LogP contribution in [0.3, 0.4) is 0 Å². The molecule has 1 aromatic heterocycles. The highest BCUT2D eigenvalue weighted by Crippen LogP contribution is 2.24. The van der Waals surface area contributed by atoms with Crippen LogP contribution in [0.25, 0.3) is 6.08 Å². The molecule has 0 aliphatic rings. The van der Waals surface area contributed by atoms with Crippen molar-refractivity contribution in [1.29, 1.82) is 0 Å². The van der Waals surface area contributed by atoms with Crippen LogP contribution in [0.4, 0.5) is 0 Å². The number of furan rings is 1. The van der Waals surface area contributed by atoms with E-state index in [0.717, 1.165) is 11.6 Å². The lowest BCUT2D eigenvalue weighted by molar-refractivity contribution is -0.131. The van der Waals surface area contributed by atoms with E-state index in [0.29, 0.717) is 17.5 Å². The Morgan fingerprint density at radius 3 is 2.89 bits per heavy atom. The van der Waals surface area contributed by atoms with E-state index >= 15 is 0 Å². The molecular weight excluding hydrogens is 232 g/mol. The van der Waals surface area contributed by atoms with Gasteiger partial charge in [-0.25, -0.2) is 4.79 Å². The number of hydrogen-bond donors (Lipinski definition) is 1. The molecule has 0 fully saturated rings. The number of aliphatic carboxylic acids is 1. The maximum atomic E-state index is 10.3. The summed E-state index contributed by atoms with van der Waals surface area (Å²) in [4.78, 5) is 10.3. The highest BCUT2D eigenvalue weighted by molar-refractivity contribution is 5.84. The van der Waals surface area contributed by atoms with Crippen LogP contribution < -0.4 is 4.74 Å². The molecule has 4 nitrogen and oxygen atoms in total. The molecule has 0 amide bonds. The van der Waals surface area contributed by atoms with Crippen molar-refractivity contribution in [1.82, 2.24) is 0 Å². The van der Waals surface area contributed by atoms with Crippen molar-refractivity contribution in [3.63, 3.8) is 0 Å². The van der Waals surface area contributed by atoms with E-state index in [1.807, 2.05) is 31.2 Å². The fourth-order valence-corrected chi connectivity index (χ4v) is 1.43. The molecule has 0 spiro atoms. The molecule has 0 unspecified atom stereocenters. The molecule has 0 aliphatic carbocycles. The third-order valence-electron chi connectivity index (χ3n) is 2.20. The molecule has 0 saturated carbocycles. The van der Waals surface area contributed by atoms with E-state index < -0.39 is 5.97 Å². The van der Waals surface area contributed by atoms with Gasteiger partial charge in [0.25, 0.3) is 5.95 Å². The number of aryl methyl sites for hydroxylation is 1. The summed E-state index contributed by atoms with van der Waals surface area (Å²) in [6.07, 6.45) is 2.38. The molecule has 2 rings (SSSR count). The molecule has 1 aromatic carbocycles. The van der Waals surface area contributed by atoms with Gasteiger partial charge in [0.2, 0.25) is 0 Å². The molecule has 4 heteroatoms. The summed E-state index contributed by atoms with van der Waals surface area (Å²) >= 11 is 0. The molecule has 1 heterocycles. The highest BCUT2D eigenvalue weighted by Gasteiger charge is 2.02. The minimum absolute atomic E-state index is 0.325. The Kier molecular flexibility index (Phi) is 3.48. The van der Waals surface area contributed by atoms with Gasteiger partial charge in [0.1, 0.15) is 11.5 Å². The van der Waals surface area contributed by atoms with Crippen molar-refractivity contribution < 1.29 is 19.1 Å². The Bertz CT molecular complexity index is 581. The van der Waals surface area contributed by atoms with Crippen molar-refractivity contribution in [2.24, 2.45) is 0 Å². The zero-order chi connectivity index (χ0) is 13.0. The van der Waals surface area contributed by atoms with E-state index in [1.54, 1.807) is 12.1 Å². The normalized spacial score (nSPS) is 10.7. The van der Waals surface area contributed by atoms with Crippen LogP contribution in [0.2, 0.25) is 0 Å². The number of benzene rings is 1. The van der Waals surface area contributed by atoms with Crippen molar-refractivity contribution >= 4 is 12.0 Å². The Labute approximate surface area is 104 Å². The first kappa shape index (κ1) is 12.0. The zero-order valence-corrected chi connectivity index (χ0v) is 9.79. The van der Waals surface area contributed by atoms with Crippen LogP contribution >= 0.6 is 0 Å². The number of hydrogen-bond acceptors (Lipinski definition) is 3. The summed E-state index contributed by atoms with van der Waals surface area (Å²) in [5, 5.41) is 8.49. The molecular formula is C14H12O4. The topological polar surface area (TPSA) is 59.7 Å². The molecule has 92 valence electrons. The summed E-state index contributed by atoms with van der Waals surface area (Å²) < 4.78 is 10.8. The number of ether oxygens (including phenoxy) is 1. The van der Waals surface area contributed by atoms with E-state index in [4.69, 9.17) is 14.3 Å². The van der Waals surface area contributed by atoms with Gasteiger partial charge >= 0.3 is 5.97 Å². The third-order valence-corrected chi connectivity index (χ3v) is 2.20. The van der Waals surface area contributed by atoms with Gasteiger partial charge in [-0.2, -0.15) is 0 Å². The van der Waals surface area contributed by atoms with E-state index in [-0.39, 0.29) is 0 Å². The van der Waals surface area contributed by atoms with Crippen molar-refractivity contribution in [3.05, 3.63) is 53.8 Å². The maximum absolute atomic E-state index is 10.3. The summed E-state index contributed by atoms with van der Waals surface area (Å²) in [6, 6.07) is 10.8. The number of carboxylic acids is 1. The number of carbonyl (C=O) groups is 1. The van der Waals surface area contributed by atoms with Gasteiger partial charge in [-0.05, 0) is 36.8 Å². The Balaban J connectivity index is 2.09. The van der Waals surface area contributed by atoms with Crippen molar-refractivity contribution in [3.8, 4) is 11.7 Å². The van der Waals surface area contributed by atoms with Crippen molar-refractivity contribution in [2.45, 2.75) is 6.92 Å². The molecule has 0 bridgehead atoms. The smallest absolute Gasteiger partial charge is 0.328 e. The van der Waals surface area contributed by atoms with Gasteiger partial charge in [-0.3, -0.25) is 0 Å². The lowest BCUT2D eigenvalue weighted by Gasteiger charge is -2.02. The minimum Gasteiger partial charge on any atom is -0.478 e. The monoisotopic (exact) mass is 244 g/mol. The molecule has 0 atom stereocenters. The Morgan fingerprint density at radius 1 is 1.33 bits per heavy atom. The van der Waals surface area contributed by atoms with Crippen LogP contribution in [0.5, 0.6) is 11.7 Å². The van der Waals surface area contributed by atoms with Crippen LogP contribution in [0, 0.1) is 6.92 Å². The van der Waals surface area contributed by atoms with Gasteiger partial charge in [0.15, 0.2) is 0 Å². The molecule has 0 radical (unpaired) electrons. The van der Waals surface area contributed by atoms with Gasteiger partial charge in [-0.15, -0.1) is 0 Å². The van der Waals surface area contributed by atoms with Crippen LogP contribution in [0.1, 0.15) is 11.3 Å². The van der Waals surface area contributed by atoms with Crippen LogP contribution in [-0.2, 0) is 4.79 Å². The summed E-state index contributed by atoms with van der Waals surface area (Å²) in [5.41, 5.74) is 1.09. The first-order valence-corrected chi connectivity index (χ1v) is 5.39. The quantitative estimate of drug-likeness (QED) is 0.836. The summed E-state index contributed by atoms with van der Waals surface area (Å²) in [5.74, 6) is 0.413. The van der Waals surface area contributed by atoms with Crippen LogP contribution in [0.15, 0.2) is 46.9 Å². The van der Waals surface area contributed by atoms with Gasteiger partial charge in [0.05, 0.1) is 0 Å². The SMILES string of the molecule is Cc1cccc(Oc2ccc(/C=C/C(=O)O)o2)c1. The molecule has 0 saturated heterocycles. The highest BCUT2D eigenvalue weighted by atomic mass is 16.6.